The van der Waals surface area contributed by atoms with E-state index in [0.29, 0.717) is 12.5 Å². The summed E-state index contributed by atoms with van der Waals surface area (Å²) < 4.78 is 11.7. The van der Waals surface area contributed by atoms with E-state index in [0.717, 1.165) is 26.1 Å². The lowest BCUT2D eigenvalue weighted by Gasteiger charge is -2.27. The molecule has 26 heavy (non-hydrogen) atoms. The van der Waals surface area contributed by atoms with Crippen LogP contribution >= 0.6 is 0 Å². The molecule has 140 valence electrons. The summed E-state index contributed by atoms with van der Waals surface area (Å²) in [7, 11) is 0. The minimum Gasteiger partial charge on any atom is -0.348 e. The molecule has 0 unspecified atom stereocenters. The maximum absolute atomic E-state index is 6.00. The fraction of sp³-hybridized carbons (Fsp3) is 0.478. The van der Waals surface area contributed by atoms with Crippen LogP contribution < -0.4 is 0 Å². The lowest BCUT2D eigenvalue weighted by molar-refractivity contribution is -0.140. The van der Waals surface area contributed by atoms with Crippen molar-refractivity contribution in [3.63, 3.8) is 0 Å². The highest BCUT2D eigenvalue weighted by molar-refractivity contribution is 5.17. The molecule has 0 N–H and O–H groups in total. The van der Waals surface area contributed by atoms with Crippen molar-refractivity contribution in [3.05, 3.63) is 71.8 Å². The van der Waals surface area contributed by atoms with E-state index in [9.17, 15) is 0 Å². The maximum atomic E-state index is 6.00. The molecule has 1 saturated heterocycles. The van der Waals surface area contributed by atoms with Gasteiger partial charge in [0, 0.05) is 19.6 Å². The van der Waals surface area contributed by atoms with Gasteiger partial charge in [0.05, 0.1) is 12.7 Å². The highest BCUT2D eigenvalue weighted by Crippen LogP contribution is 2.26. The highest BCUT2D eigenvalue weighted by Gasteiger charge is 2.33. The molecule has 0 aliphatic carbocycles. The molecule has 2 aromatic rings. The Morgan fingerprint density at radius 1 is 0.962 bits per heavy atom. The molecule has 3 nitrogen and oxygen atoms in total. The van der Waals surface area contributed by atoms with Crippen LogP contribution in [0.15, 0.2) is 60.7 Å². The first-order valence-electron chi connectivity index (χ1n) is 9.62. The van der Waals surface area contributed by atoms with Gasteiger partial charge in [0.25, 0.3) is 0 Å². The third-order valence-electron chi connectivity index (χ3n) is 4.80. The molecular weight excluding hydrogens is 322 g/mol. The van der Waals surface area contributed by atoms with Crippen molar-refractivity contribution in [1.29, 1.82) is 0 Å². The van der Waals surface area contributed by atoms with Crippen LogP contribution in [0, 0.1) is 5.92 Å². The van der Waals surface area contributed by atoms with E-state index < -0.39 is 5.79 Å². The zero-order chi connectivity index (χ0) is 18.4. The van der Waals surface area contributed by atoms with Gasteiger partial charge in [-0.25, -0.2) is 0 Å². The summed E-state index contributed by atoms with van der Waals surface area (Å²) in [6, 6.07) is 21.4. The normalized spacial score (nSPS) is 20.4. The lowest BCUT2D eigenvalue weighted by Crippen LogP contribution is -2.30. The zero-order valence-corrected chi connectivity index (χ0v) is 16.2. The summed E-state index contributed by atoms with van der Waals surface area (Å²) in [5.41, 5.74) is 2.72. The summed E-state index contributed by atoms with van der Waals surface area (Å²) in [5, 5.41) is 0. The minimum absolute atomic E-state index is 0.204. The molecule has 1 heterocycles. The summed E-state index contributed by atoms with van der Waals surface area (Å²) in [6.45, 7) is 9.99. The van der Waals surface area contributed by atoms with Gasteiger partial charge in [-0.15, -0.1) is 0 Å². The number of rotatable bonds is 8. The number of ether oxygens (including phenoxy) is 2. The van der Waals surface area contributed by atoms with Crippen molar-refractivity contribution in [2.75, 3.05) is 13.2 Å². The second-order valence-corrected chi connectivity index (χ2v) is 7.93. The third kappa shape index (κ3) is 5.94. The fourth-order valence-corrected chi connectivity index (χ4v) is 3.71. The van der Waals surface area contributed by atoms with Gasteiger partial charge in [-0.2, -0.15) is 0 Å². The minimum atomic E-state index is -0.432. The van der Waals surface area contributed by atoms with Crippen LogP contribution in [-0.4, -0.2) is 29.9 Å². The molecule has 0 saturated carbocycles. The molecule has 0 radical (unpaired) electrons. The first-order chi connectivity index (χ1) is 12.5. The molecule has 1 aliphatic rings. The van der Waals surface area contributed by atoms with E-state index in [1.165, 1.54) is 11.1 Å². The Kier molecular flexibility index (Phi) is 6.47. The van der Waals surface area contributed by atoms with Crippen molar-refractivity contribution < 1.29 is 9.47 Å². The first-order valence-corrected chi connectivity index (χ1v) is 9.62. The van der Waals surface area contributed by atoms with Crippen molar-refractivity contribution >= 4 is 0 Å². The maximum Gasteiger partial charge on any atom is 0.163 e. The average molecular weight is 354 g/mol. The standard InChI is InChI=1S/C23H31NO2/c1-19(14-22-18-25-23(2,3)26-22)15-24(16-20-10-6-4-7-11-20)17-21-12-8-5-9-13-21/h4-13,19,22H,14-18H2,1-3H3/t19-,22-/m1/s1. The highest BCUT2D eigenvalue weighted by atomic mass is 16.7. The van der Waals surface area contributed by atoms with E-state index >= 15 is 0 Å². The van der Waals surface area contributed by atoms with E-state index in [2.05, 4.69) is 72.5 Å². The largest absolute Gasteiger partial charge is 0.348 e. The Labute approximate surface area is 157 Å². The molecule has 2 aromatic carbocycles. The van der Waals surface area contributed by atoms with Gasteiger partial charge in [-0.3, -0.25) is 4.90 Å². The zero-order valence-electron chi connectivity index (χ0n) is 16.2. The Hall–Kier alpha value is -1.68. The third-order valence-corrected chi connectivity index (χ3v) is 4.80. The van der Waals surface area contributed by atoms with E-state index in [4.69, 9.17) is 9.47 Å². The second-order valence-electron chi connectivity index (χ2n) is 7.93. The molecule has 3 rings (SSSR count). The SMILES string of the molecule is C[C@H](C[C@@H]1COC(C)(C)O1)CN(Cc1ccccc1)Cc1ccccc1. The number of nitrogens with zero attached hydrogens (tertiary/aromatic N) is 1. The molecule has 3 heteroatoms. The van der Waals surface area contributed by atoms with Crippen molar-refractivity contribution in [2.45, 2.75) is 52.2 Å². The van der Waals surface area contributed by atoms with Crippen LogP contribution in [0.25, 0.3) is 0 Å². The summed E-state index contributed by atoms with van der Waals surface area (Å²) in [4.78, 5) is 2.54. The average Bonchev–Trinajstić information content (AvgIpc) is 2.95. The van der Waals surface area contributed by atoms with Crippen LogP contribution in [0.2, 0.25) is 0 Å². The molecule has 2 atom stereocenters. The van der Waals surface area contributed by atoms with Crippen LogP contribution in [0.5, 0.6) is 0 Å². The fourth-order valence-electron chi connectivity index (χ4n) is 3.71. The Balaban J connectivity index is 1.60. The summed E-state index contributed by atoms with van der Waals surface area (Å²) in [6.07, 6.45) is 1.24. The lowest BCUT2D eigenvalue weighted by atomic mass is 10.0. The quantitative estimate of drug-likeness (QED) is 0.676. The first kappa shape index (κ1) is 19.1. The number of benzene rings is 2. The smallest absolute Gasteiger partial charge is 0.163 e. The van der Waals surface area contributed by atoms with Gasteiger partial charge in [0.1, 0.15) is 0 Å². The van der Waals surface area contributed by atoms with Crippen LogP contribution in [0.1, 0.15) is 38.3 Å². The van der Waals surface area contributed by atoms with Crippen LogP contribution in [0.4, 0.5) is 0 Å². The second kappa shape index (κ2) is 8.81. The van der Waals surface area contributed by atoms with Gasteiger partial charge < -0.3 is 9.47 Å². The topological polar surface area (TPSA) is 21.7 Å². The predicted octanol–water partition coefficient (Wildman–Crippen LogP) is 4.87. The number of hydrogen-bond acceptors (Lipinski definition) is 3. The monoisotopic (exact) mass is 353 g/mol. The molecule has 0 aromatic heterocycles. The van der Waals surface area contributed by atoms with Crippen molar-refractivity contribution in [2.24, 2.45) is 5.92 Å². The van der Waals surface area contributed by atoms with E-state index in [1.54, 1.807) is 0 Å². The van der Waals surface area contributed by atoms with Gasteiger partial charge in [0.2, 0.25) is 0 Å². The van der Waals surface area contributed by atoms with Crippen LogP contribution in [0.3, 0.4) is 0 Å². The van der Waals surface area contributed by atoms with E-state index in [1.807, 2.05) is 13.8 Å². The molecule has 0 spiro atoms. The van der Waals surface area contributed by atoms with Gasteiger partial charge >= 0.3 is 0 Å². The summed E-state index contributed by atoms with van der Waals surface area (Å²) >= 11 is 0. The summed E-state index contributed by atoms with van der Waals surface area (Å²) in [5.74, 6) is 0.114. The van der Waals surface area contributed by atoms with Crippen LogP contribution in [-0.2, 0) is 22.6 Å². The van der Waals surface area contributed by atoms with E-state index in [-0.39, 0.29) is 6.10 Å². The van der Waals surface area contributed by atoms with Gasteiger partial charge in [0.15, 0.2) is 5.79 Å². The molecule has 0 bridgehead atoms. The Bertz CT molecular complexity index is 615. The molecule has 1 aliphatic heterocycles. The van der Waals surface area contributed by atoms with Gasteiger partial charge in [-0.1, -0.05) is 67.6 Å². The molecule has 0 amide bonds. The van der Waals surface area contributed by atoms with Crippen molar-refractivity contribution in [1.82, 2.24) is 4.90 Å². The van der Waals surface area contributed by atoms with Gasteiger partial charge in [-0.05, 0) is 37.3 Å². The molecule has 1 fully saturated rings. The Morgan fingerprint density at radius 2 is 1.50 bits per heavy atom. The van der Waals surface area contributed by atoms with Crippen molar-refractivity contribution in [3.8, 4) is 0 Å². The Morgan fingerprint density at radius 3 is 1.96 bits per heavy atom. The predicted molar refractivity (Wildman–Crippen MR) is 106 cm³/mol. The number of hydrogen-bond donors (Lipinski definition) is 0. The molecular formula is C23H31NO2.